The van der Waals surface area contributed by atoms with E-state index in [1.165, 1.54) is 88.0 Å². The van der Waals surface area contributed by atoms with E-state index in [1.807, 2.05) is 0 Å². The summed E-state index contributed by atoms with van der Waals surface area (Å²) in [7, 11) is 0. The van der Waals surface area contributed by atoms with E-state index in [0.29, 0.717) is 0 Å². The minimum atomic E-state index is -0.484. The van der Waals surface area contributed by atoms with Crippen LogP contribution in [0.1, 0.15) is 41.4 Å². The number of benzene rings is 9. The Morgan fingerprint density at radius 3 is 1.71 bits per heavy atom. The van der Waals surface area contributed by atoms with Crippen molar-refractivity contribution in [1.29, 1.82) is 0 Å². The first-order valence-electron chi connectivity index (χ1n) is 19.5. The molecule has 0 atom stereocenters. The molecule has 2 aliphatic carbocycles. The molecule has 10 aromatic rings. The molecular weight excluding hydrogens is 665 g/mol. The predicted molar refractivity (Wildman–Crippen MR) is 229 cm³/mol. The van der Waals surface area contributed by atoms with Crippen molar-refractivity contribution in [1.82, 2.24) is 9.55 Å². The summed E-state index contributed by atoms with van der Waals surface area (Å²) in [4.78, 5) is 5.04. The highest BCUT2D eigenvalue weighted by atomic mass is 15.1. The summed E-state index contributed by atoms with van der Waals surface area (Å²) in [5.74, 6) is 1.11. The van der Waals surface area contributed by atoms with Crippen LogP contribution in [0.2, 0.25) is 0 Å². The van der Waals surface area contributed by atoms with Gasteiger partial charge >= 0.3 is 0 Å². The molecule has 0 saturated carbocycles. The minimum Gasteiger partial charge on any atom is -0.296 e. The normalized spacial score (nSPS) is 13.5. The average Bonchev–Trinajstić information content (AvgIpc) is 3.88. The van der Waals surface area contributed by atoms with E-state index in [2.05, 4.69) is 187 Å². The maximum atomic E-state index is 5.04. The molecule has 0 unspecified atom stereocenters. The maximum Gasteiger partial charge on any atom is 0.114 e. The zero-order chi connectivity index (χ0) is 36.3. The fourth-order valence-electron chi connectivity index (χ4n) is 10.5. The molecule has 1 heterocycles. The van der Waals surface area contributed by atoms with Gasteiger partial charge in [-0.1, -0.05) is 153 Å². The Bertz CT molecular complexity index is 3170. The van der Waals surface area contributed by atoms with Crippen LogP contribution in [0.3, 0.4) is 0 Å². The van der Waals surface area contributed by atoms with E-state index in [9.17, 15) is 0 Å². The molecule has 0 N–H and O–H groups in total. The van der Waals surface area contributed by atoms with E-state index >= 15 is 0 Å². The molecule has 12 rings (SSSR count). The highest BCUT2D eigenvalue weighted by Gasteiger charge is 2.54. The lowest BCUT2D eigenvalue weighted by Gasteiger charge is -2.33. The van der Waals surface area contributed by atoms with Gasteiger partial charge in [-0.25, -0.2) is 4.98 Å². The second-order valence-corrected chi connectivity index (χ2v) is 15.2. The lowest BCUT2D eigenvalue weighted by molar-refractivity contribution is 0.809. The third-order valence-corrected chi connectivity index (χ3v) is 12.5. The molecule has 2 nitrogen and oxygen atoms in total. The van der Waals surface area contributed by atoms with Crippen LogP contribution in [0, 0.1) is 0 Å². The number of fused-ring (bicyclic) bond motifs is 18. The van der Waals surface area contributed by atoms with E-state index in [-0.39, 0.29) is 0 Å². The van der Waals surface area contributed by atoms with Gasteiger partial charge in [0.25, 0.3) is 0 Å². The summed E-state index contributed by atoms with van der Waals surface area (Å²) in [5.41, 5.74) is 16.2. The van der Waals surface area contributed by atoms with Crippen molar-refractivity contribution in [2.75, 3.05) is 0 Å². The van der Waals surface area contributed by atoms with Crippen LogP contribution in [0.25, 0.3) is 82.4 Å². The Labute approximate surface area is 320 Å². The topological polar surface area (TPSA) is 17.8 Å². The van der Waals surface area contributed by atoms with Crippen molar-refractivity contribution in [2.45, 2.75) is 25.2 Å². The molecule has 2 aliphatic rings. The molecule has 2 heteroatoms. The van der Waals surface area contributed by atoms with Crippen molar-refractivity contribution in [3.8, 4) is 39.1 Å². The fourth-order valence-corrected chi connectivity index (χ4v) is 10.5. The number of hydrogen-bond acceptors (Lipinski definition) is 1. The zero-order valence-electron chi connectivity index (χ0n) is 30.6. The van der Waals surface area contributed by atoms with Crippen molar-refractivity contribution < 1.29 is 0 Å². The highest BCUT2D eigenvalue weighted by Crippen LogP contribution is 2.67. The molecule has 0 radical (unpaired) electrons. The van der Waals surface area contributed by atoms with E-state index < -0.39 is 5.41 Å². The lowest BCUT2D eigenvalue weighted by Crippen LogP contribution is -2.26. The molecular formula is C53H36N2. The first kappa shape index (κ1) is 30.7. The Balaban J connectivity index is 1.20. The van der Waals surface area contributed by atoms with E-state index in [4.69, 9.17) is 4.98 Å². The molecule has 0 saturated heterocycles. The van der Waals surface area contributed by atoms with Gasteiger partial charge in [0.05, 0.1) is 16.4 Å². The summed E-state index contributed by atoms with van der Waals surface area (Å²) < 4.78 is 2.34. The van der Waals surface area contributed by atoms with Crippen LogP contribution in [0.15, 0.2) is 176 Å². The lowest BCUT2D eigenvalue weighted by atomic mass is 9.68. The van der Waals surface area contributed by atoms with E-state index in [0.717, 1.165) is 35.4 Å². The van der Waals surface area contributed by atoms with Gasteiger partial charge in [0.15, 0.2) is 0 Å². The summed E-state index contributed by atoms with van der Waals surface area (Å²) in [5, 5.41) is 7.82. The van der Waals surface area contributed by atoms with Crippen molar-refractivity contribution in [3.05, 3.63) is 204 Å². The third kappa shape index (κ3) is 3.96. The van der Waals surface area contributed by atoms with Gasteiger partial charge in [0, 0.05) is 12.1 Å². The molecule has 55 heavy (non-hydrogen) atoms. The number of aromatic nitrogens is 2. The monoisotopic (exact) mass is 700 g/mol. The summed E-state index contributed by atoms with van der Waals surface area (Å²) >= 11 is 0. The van der Waals surface area contributed by atoms with Crippen molar-refractivity contribution in [3.63, 3.8) is 0 Å². The standard InChI is InChI=1S/C53H36N2/c1-2-15-49-54-47-26-13-14-27-48(47)55(49)34-30-28-33(29-31-34)43-32-44-50-40-21-6-3-16-35(40)36-17-4-8-23-42(36)52(50)53(51(44)41-22-7-5-18-37(41)43)45-24-11-9-19-38(45)39-20-10-12-25-46(39)53/h3-14,16-32H,2,15H2,1H3. The fraction of sp³-hybridized carbons (Fsp3) is 0.0755. The van der Waals surface area contributed by atoms with Crippen LogP contribution in [0.4, 0.5) is 0 Å². The van der Waals surface area contributed by atoms with Crippen LogP contribution in [-0.4, -0.2) is 9.55 Å². The first-order valence-corrected chi connectivity index (χ1v) is 19.5. The maximum absolute atomic E-state index is 5.04. The second-order valence-electron chi connectivity index (χ2n) is 15.2. The SMILES string of the molecule is CCCc1nc2ccccc2n1-c1ccc(-c2cc3c(c4ccccc24)C2(c4ccccc4-c4ccccc42)c2c-3c3ccccc3c3ccccc23)cc1. The number of para-hydroxylation sites is 2. The predicted octanol–water partition coefficient (Wildman–Crippen LogP) is 13.4. The van der Waals surface area contributed by atoms with Crippen molar-refractivity contribution in [2.24, 2.45) is 0 Å². The number of aryl methyl sites for hydroxylation is 1. The van der Waals surface area contributed by atoms with Gasteiger partial charge in [-0.3, -0.25) is 4.57 Å². The van der Waals surface area contributed by atoms with Gasteiger partial charge < -0.3 is 0 Å². The van der Waals surface area contributed by atoms with Crippen LogP contribution in [-0.2, 0) is 11.8 Å². The van der Waals surface area contributed by atoms with Crippen LogP contribution >= 0.6 is 0 Å². The zero-order valence-corrected chi connectivity index (χ0v) is 30.6. The highest BCUT2D eigenvalue weighted by molar-refractivity contribution is 6.22. The van der Waals surface area contributed by atoms with Gasteiger partial charge in [-0.2, -0.15) is 0 Å². The third-order valence-electron chi connectivity index (χ3n) is 12.5. The molecule has 0 bridgehead atoms. The number of imidazole rings is 1. The molecule has 0 aliphatic heterocycles. The Morgan fingerprint density at radius 1 is 0.473 bits per heavy atom. The van der Waals surface area contributed by atoms with Crippen molar-refractivity contribution >= 4 is 43.4 Å². The molecule has 0 fully saturated rings. The summed E-state index contributed by atoms with van der Waals surface area (Å²) in [6.07, 6.45) is 1.98. The van der Waals surface area contributed by atoms with Gasteiger partial charge in [0.2, 0.25) is 0 Å². The number of rotatable bonds is 4. The first-order chi connectivity index (χ1) is 27.3. The van der Waals surface area contributed by atoms with Crippen LogP contribution in [0.5, 0.6) is 0 Å². The smallest absolute Gasteiger partial charge is 0.114 e. The number of nitrogens with zero attached hydrogens (tertiary/aromatic N) is 2. The van der Waals surface area contributed by atoms with E-state index in [1.54, 1.807) is 0 Å². The van der Waals surface area contributed by atoms with Gasteiger partial charge in [-0.15, -0.1) is 0 Å². The number of hydrogen-bond donors (Lipinski definition) is 0. The molecule has 1 spiro atoms. The quantitative estimate of drug-likeness (QED) is 0.167. The van der Waals surface area contributed by atoms with Gasteiger partial charge in [-0.05, 0) is 125 Å². The molecule has 1 aromatic heterocycles. The van der Waals surface area contributed by atoms with Gasteiger partial charge in [0.1, 0.15) is 5.82 Å². The Hall–Kier alpha value is -6.77. The molecule has 0 amide bonds. The Kier molecular flexibility index (Phi) is 6.34. The second kappa shape index (κ2) is 11.4. The summed E-state index contributed by atoms with van der Waals surface area (Å²) in [6, 6.07) is 65.9. The summed E-state index contributed by atoms with van der Waals surface area (Å²) in [6.45, 7) is 2.23. The minimum absolute atomic E-state index is 0.484. The Morgan fingerprint density at radius 2 is 1.02 bits per heavy atom. The average molecular weight is 701 g/mol. The molecule has 258 valence electrons. The largest absolute Gasteiger partial charge is 0.296 e. The van der Waals surface area contributed by atoms with Crippen LogP contribution < -0.4 is 0 Å². The molecule has 9 aromatic carbocycles.